The Balaban J connectivity index is 2.16. The highest BCUT2D eigenvalue weighted by molar-refractivity contribution is 5.30. The summed E-state index contributed by atoms with van der Waals surface area (Å²) >= 11 is 0. The maximum atomic E-state index is 5.60. The summed E-state index contributed by atoms with van der Waals surface area (Å²) in [6, 6.07) is 9.22. The predicted molar refractivity (Wildman–Crippen MR) is 69.4 cm³/mol. The van der Waals surface area contributed by atoms with E-state index in [9.17, 15) is 0 Å². The first-order valence-electron chi connectivity index (χ1n) is 5.94. The zero-order chi connectivity index (χ0) is 12.3. The van der Waals surface area contributed by atoms with Gasteiger partial charge in [0.05, 0.1) is 5.69 Å². The lowest BCUT2D eigenvalue weighted by Gasteiger charge is -2.01. The summed E-state index contributed by atoms with van der Waals surface area (Å²) in [6.07, 6.45) is 1.87. The van der Waals surface area contributed by atoms with E-state index < -0.39 is 0 Å². The number of rotatable bonds is 4. The van der Waals surface area contributed by atoms with Gasteiger partial charge in [-0.15, -0.1) is 0 Å². The van der Waals surface area contributed by atoms with Gasteiger partial charge >= 0.3 is 0 Å². The molecule has 3 heteroatoms. The summed E-state index contributed by atoms with van der Waals surface area (Å²) in [5.41, 5.74) is 3.57. The lowest BCUT2D eigenvalue weighted by Crippen LogP contribution is -1.89. The molecule has 90 valence electrons. The number of aromatic nitrogens is 1. The summed E-state index contributed by atoms with van der Waals surface area (Å²) in [6.45, 7) is 4.13. The van der Waals surface area contributed by atoms with Gasteiger partial charge < -0.3 is 9.73 Å². The third-order valence-electron chi connectivity index (χ3n) is 2.90. The van der Waals surface area contributed by atoms with Crippen molar-refractivity contribution < 1.29 is 4.42 Å². The Morgan fingerprint density at radius 1 is 1.18 bits per heavy atom. The van der Waals surface area contributed by atoms with Crippen molar-refractivity contribution in [1.29, 1.82) is 0 Å². The Morgan fingerprint density at radius 3 is 2.35 bits per heavy atom. The monoisotopic (exact) mass is 230 g/mol. The summed E-state index contributed by atoms with van der Waals surface area (Å²) in [7, 11) is 1.81. The first-order chi connectivity index (χ1) is 8.22. The highest BCUT2D eigenvalue weighted by Crippen LogP contribution is 2.18. The lowest BCUT2D eigenvalue weighted by molar-refractivity contribution is 0.528. The van der Waals surface area contributed by atoms with Gasteiger partial charge in [0.1, 0.15) is 5.76 Å². The van der Waals surface area contributed by atoms with Gasteiger partial charge in [0.15, 0.2) is 0 Å². The fraction of sp³-hybridized carbons (Fsp3) is 0.357. The average molecular weight is 230 g/mol. The SMILES string of the molecule is CCc1ccc(Cc2oc(NC)nc2C)cc1. The van der Waals surface area contributed by atoms with Gasteiger partial charge in [-0.05, 0) is 24.5 Å². The highest BCUT2D eigenvalue weighted by Gasteiger charge is 2.08. The number of hydrogen-bond acceptors (Lipinski definition) is 3. The van der Waals surface area contributed by atoms with Gasteiger partial charge in [0, 0.05) is 13.5 Å². The first-order valence-corrected chi connectivity index (χ1v) is 5.94. The number of nitrogens with zero attached hydrogens (tertiary/aromatic N) is 1. The number of anilines is 1. The maximum absolute atomic E-state index is 5.60. The van der Waals surface area contributed by atoms with E-state index in [0.717, 1.165) is 24.3 Å². The van der Waals surface area contributed by atoms with Gasteiger partial charge in [-0.25, -0.2) is 0 Å². The van der Waals surface area contributed by atoms with E-state index in [0.29, 0.717) is 6.01 Å². The Hall–Kier alpha value is -1.77. The van der Waals surface area contributed by atoms with Crippen LogP contribution in [0.1, 0.15) is 29.5 Å². The molecule has 0 aliphatic rings. The molecule has 1 N–H and O–H groups in total. The molecule has 0 saturated heterocycles. The standard InChI is InChI=1S/C14H18N2O/c1-4-11-5-7-12(8-6-11)9-13-10(2)16-14(15-3)17-13/h5-8H,4,9H2,1-3H3,(H,15,16). The molecule has 2 aromatic rings. The van der Waals surface area contributed by atoms with Crippen molar-refractivity contribution in [3.8, 4) is 0 Å². The average Bonchev–Trinajstić information content (AvgIpc) is 2.71. The van der Waals surface area contributed by atoms with Crippen LogP contribution in [0.3, 0.4) is 0 Å². The van der Waals surface area contributed by atoms with E-state index in [-0.39, 0.29) is 0 Å². The van der Waals surface area contributed by atoms with Crippen molar-refractivity contribution in [2.45, 2.75) is 26.7 Å². The molecular weight excluding hydrogens is 212 g/mol. The van der Waals surface area contributed by atoms with Crippen LogP contribution in [0.5, 0.6) is 0 Å². The highest BCUT2D eigenvalue weighted by atomic mass is 16.4. The summed E-state index contributed by atoms with van der Waals surface area (Å²) < 4.78 is 5.60. The molecule has 0 bridgehead atoms. The molecule has 0 spiro atoms. The molecule has 17 heavy (non-hydrogen) atoms. The van der Waals surface area contributed by atoms with Crippen molar-refractivity contribution >= 4 is 6.01 Å². The molecule has 0 atom stereocenters. The van der Waals surface area contributed by atoms with E-state index in [1.54, 1.807) is 0 Å². The molecule has 0 aliphatic heterocycles. The molecule has 2 rings (SSSR count). The third kappa shape index (κ3) is 2.67. The second-order valence-electron chi connectivity index (χ2n) is 4.12. The van der Waals surface area contributed by atoms with E-state index in [1.807, 2.05) is 14.0 Å². The van der Waals surface area contributed by atoms with Crippen molar-refractivity contribution in [2.24, 2.45) is 0 Å². The zero-order valence-electron chi connectivity index (χ0n) is 10.6. The third-order valence-corrected chi connectivity index (χ3v) is 2.90. The summed E-state index contributed by atoms with van der Waals surface area (Å²) in [4.78, 5) is 4.28. The molecule has 0 saturated carbocycles. The van der Waals surface area contributed by atoms with Gasteiger partial charge in [0.25, 0.3) is 6.01 Å². The molecule has 0 aliphatic carbocycles. The molecular formula is C14H18N2O. The van der Waals surface area contributed by atoms with E-state index in [1.165, 1.54) is 11.1 Å². The van der Waals surface area contributed by atoms with Crippen molar-refractivity contribution in [2.75, 3.05) is 12.4 Å². The Bertz CT molecular complexity index is 485. The predicted octanol–water partition coefficient (Wildman–Crippen LogP) is 3.18. The van der Waals surface area contributed by atoms with E-state index in [2.05, 4.69) is 41.5 Å². The summed E-state index contributed by atoms with van der Waals surface area (Å²) in [5.74, 6) is 0.929. The molecule has 1 heterocycles. The topological polar surface area (TPSA) is 38.1 Å². The minimum absolute atomic E-state index is 0.586. The maximum Gasteiger partial charge on any atom is 0.294 e. The normalized spacial score (nSPS) is 10.5. The van der Waals surface area contributed by atoms with Crippen LogP contribution in [0, 0.1) is 6.92 Å². The number of oxazole rings is 1. The molecule has 1 aromatic carbocycles. The van der Waals surface area contributed by atoms with Crippen molar-refractivity contribution in [3.63, 3.8) is 0 Å². The van der Waals surface area contributed by atoms with Crippen LogP contribution >= 0.6 is 0 Å². The first kappa shape index (κ1) is 11.7. The van der Waals surface area contributed by atoms with Crippen LogP contribution in [-0.4, -0.2) is 12.0 Å². The van der Waals surface area contributed by atoms with Crippen LogP contribution in [0.15, 0.2) is 28.7 Å². The lowest BCUT2D eigenvalue weighted by atomic mass is 10.1. The van der Waals surface area contributed by atoms with Gasteiger partial charge in [-0.3, -0.25) is 0 Å². The molecule has 0 fully saturated rings. The number of benzene rings is 1. The Labute approximate surface area is 102 Å². The second kappa shape index (κ2) is 5.04. The smallest absolute Gasteiger partial charge is 0.294 e. The largest absolute Gasteiger partial charge is 0.428 e. The van der Waals surface area contributed by atoms with Crippen molar-refractivity contribution in [1.82, 2.24) is 4.98 Å². The quantitative estimate of drug-likeness (QED) is 0.876. The van der Waals surface area contributed by atoms with Crippen LogP contribution in [0.25, 0.3) is 0 Å². The van der Waals surface area contributed by atoms with E-state index >= 15 is 0 Å². The second-order valence-corrected chi connectivity index (χ2v) is 4.12. The Kier molecular flexibility index (Phi) is 3.47. The van der Waals surface area contributed by atoms with Crippen LogP contribution < -0.4 is 5.32 Å². The number of nitrogens with one attached hydrogen (secondary N) is 1. The molecule has 0 unspecified atom stereocenters. The van der Waals surface area contributed by atoms with Crippen LogP contribution in [0.2, 0.25) is 0 Å². The number of aryl methyl sites for hydroxylation is 2. The van der Waals surface area contributed by atoms with Gasteiger partial charge in [-0.1, -0.05) is 31.2 Å². The molecule has 0 radical (unpaired) electrons. The zero-order valence-corrected chi connectivity index (χ0v) is 10.6. The van der Waals surface area contributed by atoms with E-state index in [4.69, 9.17) is 4.42 Å². The Morgan fingerprint density at radius 2 is 1.82 bits per heavy atom. The van der Waals surface area contributed by atoms with Crippen molar-refractivity contribution in [3.05, 3.63) is 46.8 Å². The molecule has 0 amide bonds. The minimum atomic E-state index is 0.586. The number of hydrogen-bond donors (Lipinski definition) is 1. The summed E-state index contributed by atoms with van der Waals surface area (Å²) in [5, 5.41) is 2.91. The van der Waals surface area contributed by atoms with Crippen LogP contribution in [-0.2, 0) is 12.8 Å². The molecule has 3 nitrogen and oxygen atoms in total. The fourth-order valence-corrected chi connectivity index (χ4v) is 1.78. The molecule has 1 aromatic heterocycles. The van der Waals surface area contributed by atoms with Crippen LogP contribution in [0.4, 0.5) is 6.01 Å². The van der Waals surface area contributed by atoms with Gasteiger partial charge in [0.2, 0.25) is 0 Å². The fourth-order valence-electron chi connectivity index (χ4n) is 1.78. The minimum Gasteiger partial charge on any atom is -0.428 e. The van der Waals surface area contributed by atoms with Gasteiger partial charge in [-0.2, -0.15) is 4.98 Å².